The molecular weight excluding hydrogens is 384 g/mol. The van der Waals surface area contributed by atoms with Crippen LogP contribution in [0.5, 0.6) is 5.75 Å². The number of aliphatic hydroxyl groups is 1. The average Bonchev–Trinajstić information content (AvgIpc) is 2.74. The fraction of sp³-hybridized carbons (Fsp3) is 0.143. The molecule has 9 nitrogen and oxygen atoms in total. The molecule has 30 heavy (non-hydrogen) atoms. The van der Waals surface area contributed by atoms with Gasteiger partial charge >= 0.3 is 0 Å². The smallest absolute Gasteiger partial charge is 0.247 e. The number of nitrogens with one attached hydrogen (secondary N) is 3. The third kappa shape index (κ3) is 5.09. The molecule has 0 aliphatic carbocycles. The highest BCUT2D eigenvalue weighted by molar-refractivity contribution is 5.99. The van der Waals surface area contributed by atoms with Crippen molar-refractivity contribution in [1.82, 2.24) is 15.0 Å². The summed E-state index contributed by atoms with van der Waals surface area (Å²) in [7, 11) is 1.54. The van der Waals surface area contributed by atoms with Crippen molar-refractivity contribution in [2.75, 3.05) is 23.1 Å². The van der Waals surface area contributed by atoms with Gasteiger partial charge in [0.2, 0.25) is 17.8 Å². The van der Waals surface area contributed by atoms with Crippen molar-refractivity contribution in [3.8, 4) is 5.75 Å². The number of ether oxygens (including phenoxy) is 1. The van der Waals surface area contributed by atoms with Crippen LogP contribution in [-0.4, -0.2) is 33.1 Å². The van der Waals surface area contributed by atoms with Gasteiger partial charge in [-0.2, -0.15) is 4.98 Å². The summed E-state index contributed by atoms with van der Waals surface area (Å²) in [6.07, 6.45) is 1.90. The number of anilines is 5. The van der Waals surface area contributed by atoms with Crippen LogP contribution < -0.4 is 20.7 Å². The third-order valence-electron chi connectivity index (χ3n) is 4.13. The zero-order valence-electron chi connectivity index (χ0n) is 16.6. The number of aromatic nitrogens is 3. The molecule has 3 rings (SSSR count). The van der Waals surface area contributed by atoms with Gasteiger partial charge in [0.15, 0.2) is 0 Å². The van der Waals surface area contributed by atoms with Gasteiger partial charge in [0.1, 0.15) is 12.1 Å². The summed E-state index contributed by atoms with van der Waals surface area (Å²) >= 11 is 0. The molecule has 1 heterocycles. The largest absolute Gasteiger partial charge is 0.495 e. The van der Waals surface area contributed by atoms with Crippen molar-refractivity contribution in [2.45, 2.75) is 13.0 Å². The molecule has 9 heteroatoms. The Kier molecular flexibility index (Phi) is 6.56. The molecule has 0 aliphatic rings. The maximum atomic E-state index is 11.6. The van der Waals surface area contributed by atoms with E-state index >= 15 is 0 Å². The summed E-state index contributed by atoms with van der Waals surface area (Å²) < 4.78 is 5.36. The molecule has 0 bridgehead atoms. The summed E-state index contributed by atoms with van der Waals surface area (Å²) in [6.45, 7) is 5.13. The topological polar surface area (TPSA) is 121 Å². The molecule has 0 aliphatic heterocycles. The third-order valence-corrected chi connectivity index (χ3v) is 4.13. The van der Waals surface area contributed by atoms with Crippen LogP contribution >= 0.6 is 0 Å². The standard InChI is InChI=1S/C21H22N6O3/c1-4-19(29)24-14-9-10-18(30-3)17(11-14)26-21-23-12-22-20(27-21)25-16-8-6-5-7-15(16)13(2)28/h4-13,28H,1H2,2-3H3,(H,24,29)(H2,22,23,25,26,27). The van der Waals surface area contributed by atoms with Crippen molar-refractivity contribution >= 4 is 34.9 Å². The van der Waals surface area contributed by atoms with E-state index in [4.69, 9.17) is 4.74 Å². The van der Waals surface area contributed by atoms with Crippen molar-refractivity contribution in [3.63, 3.8) is 0 Å². The first-order chi connectivity index (χ1) is 14.5. The summed E-state index contributed by atoms with van der Waals surface area (Å²) in [4.78, 5) is 24.2. The van der Waals surface area contributed by atoms with Gasteiger partial charge in [-0.25, -0.2) is 9.97 Å². The fourth-order valence-electron chi connectivity index (χ4n) is 2.71. The quantitative estimate of drug-likeness (QED) is 0.419. The molecule has 0 fully saturated rings. The molecule has 1 unspecified atom stereocenters. The van der Waals surface area contributed by atoms with Crippen molar-refractivity contribution in [1.29, 1.82) is 0 Å². The maximum absolute atomic E-state index is 11.6. The van der Waals surface area contributed by atoms with Crippen LogP contribution in [-0.2, 0) is 4.79 Å². The van der Waals surface area contributed by atoms with Crippen molar-refractivity contribution in [3.05, 3.63) is 67.0 Å². The van der Waals surface area contributed by atoms with Crippen LogP contribution in [0.15, 0.2) is 61.4 Å². The minimum atomic E-state index is -0.647. The molecular formula is C21H22N6O3. The Morgan fingerprint density at radius 1 is 1.13 bits per heavy atom. The number of nitrogens with zero attached hydrogens (tertiary/aromatic N) is 3. The first-order valence-corrected chi connectivity index (χ1v) is 9.11. The Hall–Kier alpha value is -3.98. The van der Waals surface area contributed by atoms with Crippen molar-refractivity contribution in [2.24, 2.45) is 0 Å². The second-order valence-corrected chi connectivity index (χ2v) is 6.25. The van der Waals surface area contributed by atoms with Gasteiger partial charge in [-0.05, 0) is 37.3 Å². The predicted molar refractivity (Wildman–Crippen MR) is 115 cm³/mol. The highest BCUT2D eigenvalue weighted by atomic mass is 16.5. The van der Waals surface area contributed by atoms with Gasteiger partial charge in [0.05, 0.1) is 18.9 Å². The zero-order valence-corrected chi connectivity index (χ0v) is 16.6. The number of benzene rings is 2. The van der Waals surface area contributed by atoms with E-state index in [-0.39, 0.29) is 11.9 Å². The molecule has 154 valence electrons. The first kappa shape index (κ1) is 20.7. The Morgan fingerprint density at radius 2 is 1.83 bits per heavy atom. The van der Waals surface area contributed by atoms with Crippen LogP contribution in [0.2, 0.25) is 0 Å². The van der Waals surface area contributed by atoms with Crippen LogP contribution in [0.4, 0.5) is 29.0 Å². The number of hydrogen-bond donors (Lipinski definition) is 4. The molecule has 1 atom stereocenters. The summed E-state index contributed by atoms with van der Waals surface area (Å²) in [5.41, 5.74) is 2.53. The Balaban J connectivity index is 1.84. The minimum absolute atomic E-state index is 0.271. The number of methoxy groups -OCH3 is 1. The highest BCUT2D eigenvalue weighted by Crippen LogP contribution is 2.30. The lowest BCUT2D eigenvalue weighted by atomic mass is 10.1. The number of amides is 1. The maximum Gasteiger partial charge on any atom is 0.247 e. The van der Waals surface area contributed by atoms with E-state index in [1.165, 1.54) is 19.5 Å². The van der Waals surface area contributed by atoms with Gasteiger partial charge in [0, 0.05) is 16.9 Å². The lowest BCUT2D eigenvalue weighted by Gasteiger charge is -2.14. The number of carbonyl (C=O) groups is 1. The second-order valence-electron chi connectivity index (χ2n) is 6.25. The molecule has 1 aromatic heterocycles. The Labute approximate surface area is 173 Å². The average molecular weight is 406 g/mol. The predicted octanol–water partition coefficient (Wildman–Crippen LogP) is 3.55. The SMILES string of the molecule is C=CC(=O)Nc1ccc(OC)c(Nc2ncnc(Nc3ccccc3C(C)O)n2)c1. The molecule has 0 saturated heterocycles. The number of rotatable bonds is 8. The Morgan fingerprint density at radius 3 is 2.50 bits per heavy atom. The first-order valence-electron chi connectivity index (χ1n) is 9.11. The summed E-state index contributed by atoms with van der Waals surface area (Å²) in [5, 5.41) is 18.8. The minimum Gasteiger partial charge on any atom is -0.495 e. The van der Waals surface area contributed by atoms with Crippen LogP contribution in [0.3, 0.4) is 0 Å². The monoisotopic (exact) mass is 406 g/mol. The van der Waals surface area contributed by atoms with E-state index in [1.54, 1.807) is 25.1 Å². The van der Waals surface area contributed by atoms with Gasteiger partial charge in [-0.1, -0.05) is 24.8 Å². The second kappa shape index (κ2) is 9.48. The van der Waals surface area contributed by atoms with E-state index in [1.807, 2.05) is 24.3 Å². The molecule has 0 spiro atoms. The van der Waals surface area contributed by atoms with Gasteiger partial charge in [0.25, 0.3) is 0 Å². The molecule has 1 amide bonds. The molecule has 4 N–H and O–H groups in total. The molecule has 2 aromatic carbocycles. The summed E-state index contributed by atoms with van der Waals surface area (Å²) in [5.74, 6) is 0.790. The number of para-hydroxylation sites is 1. The molecule has 0 saturated carbocycles. The Bertz CT molecular complexity index is 1050. The van der Waals surface area contributed by atoms with E-state index in [9.17, 15) is 9.90 Å². The van der Waals surface area contributed by atoms with Crippen LogP contribution in [0, 0.1) is 0 Å². The van der Waals surface area contributed by atoms with Gasteiger partial charge in [-0.15, -0.1) is 0 Å². The zero-order chi connectivity index (χ0) is 21.5. The normalized spacial score (nSPS) is 11.3. The van der Waals surface area contributed by atoms with E-state index in [0.717, 1.165) is 5.56 Å². The van der Waals surface area contributed by atoms with E-state index in [0.29, 0.717) is 28.8 Å². The number of aliphatic hydroxyl groups excluding tert-OH is 1. The lowest BCUT2D eigenvalue weighted by Crippen LogP contribution is -2.08. The fourth-order valence-corrected chi connectivity index (χ4v) is 2.71. The summed E-state index contributed by atoms with van der Waals surface area (Å²) in [6, 6.07) is 12.5. The molecule has 0 radical (unpaired) electrons. The highest BCUT2D eigenvalue weighted by Gasteiger charge is 2.11. The van der Waals surface area contributed by atoms with Gasteiger partial charge in [-0.3, -0.25) is 4.79 Å². The lowest BCUT2D eigenvalue weighted by molar-refractivity contribution is -0.111. The van der Waals surface area contributed by atoms with Gasteiger partial charge < -0.3 is 25.8 Å². The van der Waals surface area contributed by atoms with Crippen LogP contribution in [0.1, 0.15) is 18.6 Å². The number of carbonyl (C=O) groups excluding carboxylic acids is 1. The van der Waals surface area contributed by atoms with E-state index in [2.05, 4.69) is 37.5 Å². The molecule has 3 aromatic rings. The van der Waals surface area contributed by atoms with Crippen molar-refractivity contribution < 1.29 is 14.6 Å². The number of hydrogen-bond acceptors (Lipinski definition) is 8. The van der Waals surface area contributed by atoms with E-state index < -0.39 is 6.10 Å². The van der Waals surface area contributed by atoms with Crippen LogP contribution in [0.25, 0.3) is 0 Å².